The second-order valence-corrected chi connectivity index (χ2v) is 8.99. The molecule has 3 heterocycles. The van der Waals surface area contributed by atoms with Crippen LogP contribution in [0.5, 0.6) is 0 Å². The van der Waals surface area contributed by atoms with Gasteiger partial charge in [0.25, 0.3) is 0 Å². The Morgan fingerprint density at radius 3 is 2.94 bits per heavy atom. The first kappa shape index (κ1) is 22.0. The van der Waals surface area contributed by atoms with Gasteiger partial charge < -0.3 is 4.74 Å². The summed E-state index contributed by atoms with van der Waals surface area (Å²) in [5, 5.41) is 13.8. The van der Waals surface area contributed by atoms with Crippen LogP contribution in [0.15, 0.2) is 36.4 Å². The first-order valence-corrected chi connectivity index (χ1v) is 12.0. The number of aromatic nitrogens is 5. The molecular weight excluding hydrogens is 441 g/mol. The number of halogens is 2. The number of hydrogen-bond acceptors (Lipinski definition) is 4. The number of rotatable bonds is 7. The van der Waals surface area contributed by atoms with Crippen LogP contribution in [0.4, 0.5) is 4.39 Å². The predicted molar refractivity (Wildman–Crippen MR) is 127 cm³/mol. The van der Waals surface area contributed by atoms with Crippen LogP contribution in [-0.4, -0.2) is 37.7 Å². The zero-order chi connectivity index (χ0) is 22.8. The van der Waals surface area contributed by atoms with E-state index in [4.69, 9.17) is 26.4 Å². The fourth-order valence-electron chi connectivity index (χ4n) is 4.45. The van der Waals surface area contributed by atoms with Crippen molar-refractivity contribution in [3.8, 4) is 11.4 Å². The van der Waals surface area contributed by atoms with Crippen LogP contribution in [-0.2, 0) is 24.1 Å². The average Bonchev–Trinajstić information content (AvgIpc) is 3.41. The molecule has 1 N–H and O–H groups in total. The standard InChI is InChI=1S/C25H27ClFN5O/c1-2-6-22-19-13-16(10-11-23(19)30-29-22)25-28-24(14-18-20(26)8-5-9-21(18)27)31-32(25)15-17-7-3-4-12-33-17/h5,8-11,13,17H,2-4,6-7,12,14-15H2,1H3,(H,29,30). The van der Waals surface area contributed by atoms with E-state index in [0.29, 0.717) is 23.0 Å². The zero-order valence-corrected chi connectivity index (χ0v) is 19.4. The monoisotopic (exact) mass is 467 g/mol. The molecule has 1 saturated heterocycles. The third-order valence-corrected chi connectivity index (χ3v) is 6.51. The molecule has 1 fully saturated rings. The highest BCUT2D eigenvalue weighted by atomic mass is 35.5. The minimum atomic E-state index is -0.347. The van der Waals surface area contributed by atoms with Crippen molar-refractivity contribution in [1.29, 1.82) is 0 Å². The number of nitrogens with zero attached hydrogens (tertiary/aromatic N) is 4. The van der Waals surface area contributed by atoms with Gasteiger partial charge in [-0.05, 0) is 56.0 Å². The molecular formula is C25H27ClFN5O. The maximum atomic E-state index is 14.4. The largest absolute Gasteiger partial charge is 0.376 e. The van der Waals surface area contributed by atoms with E-state index in [1.165, 1.54) is 6.07 Å². The first-order chi connectivity index (χ1) is 16.1. The summed E-state index contributed by atoms with van der Waals surface area (Å²) in [4.78, 5) is 4.83. The highest BCUT2D eigenvalue weighted by Crippen LogP contribution is 2.28. The van der Waals surface area contributed by atoms with Crippen molar-refractivity contribution in [1.82, 2.24) is 25.0 Å². The number of hydrogen-bond donors (Lipinski definition) is 1. The van der Waals surface area contributed by atoms with Crippen LogP contribution in [0.2, 0.25) is 5.02 Å². The summed E-state index contributed by atoms with van der Waals surface area (Å²) in [6.07, 6.45) is 5.52. The van der Waals surface area contributed by atoms with Gasteiger partial charge in [0, 0.05) is 40.3 Å². The molecule has 33 heavy (non-hydrogen) atoms. The maximum Gasteiger partial charge on any atom is 0.158 e. The fraction of sp³-hybridized carbons (Fsp3) is 0.400. The van der Waals surface area contributed by atoms with E-state index in [0.717, 1.165) is 66.7 Å². The van der Waals surface area contributed by atoms with Crippen molar-refractivity contribution < 1.29 is 9.13 Å². The summed E-state index contributed by atoms with van der Waals surface area (Å²) in [6.45, 7) is 3.53. The Morgan fingerprint density at radius 2 is 2.15 bits per heavy atom. The highest BCUT2D eigenvalue weighted by Gasteiger charge is 2.21. The number of aryl methyl sites for hydroxylation is 1. The lowest BCUT2D eigenvalue weighted by Gasteiger charge is -2.22. The molecule has 6 nitrogen and oxygen atoms in total. The van der Waals surface area contributed by atoms with Crippen LogP contribution in [0.1, 0.15) is 49.7 Å². The Bertz CT molecular complexity index is 1240. The van der Waals surface area contributed by atoms with Gasteiger partial charge in [0.2, 0.25) is 0 Å². The summed E-state index contributed by atoms with van der Waals surface area (Å²) in [7, 11) is 0. The lowest BCUT2D eigenvalue weighted by atomic mass is 10.1. The molecule has 1 unspecified atom stereocenters. The van der Waals surface area contributed by atoms with Crippen molar-refractivity contribution >= 4 is 22.5 Å². The molecule has 0 aliphatic carbocycles. The van der Waals surface area contributed by atoms with Crippen molar-refractivity contribution in [2.45, 2.75) is 58.1 Å². The van der Waals surface area contributed by atoms with E-state index < -0.39 is 0 Å². The number of nitrogens with one attached hydrogen (secondary N) is 1. The molecule has 0 saturated carbocycles. The molecule has 1 aliphatic rings. The van der Waals surface area contributed by atoms with E-state index >= 15 is 0 Å². The molecule has 0 spiro atoms. The van der Waals surface area contributed by atoms with Crippen molar-refractivity contribution in [3.05, 3.63) is 64.3 Å². The van der Waals surface area contributed by atoms with E-state index in [9.17, 15) is 4.39 Å². The van der Waals surface area contributed by atoms with Gasteiger partial charge in [-0.2, -0.15) is 10.2 Å². The van der Waals surface area contributed by atoms with E-state index in [-0.39, 0.29) is 18.3 Å². The average molecular weight is 468 g/mol. The minimum Gasteiger partial charge on any atom is -0.376 e. The Hall–Kier alpha value is -2.77. The van der Waals surface area contributed by atoms with Gasteiger partial charge in [-0.15, -0.1) is 0 Å². The molecule has 172 valence electrons. The number of ether oxygens (including phenoxy) is 1. The lowest BCUT2D eigenvalue weighted by molar-refractivity contribution is 0.00420. The smallest absolute Gasteiger partial charge is 0.158 e. The van der Waals surface area contributed by atoms with E-state index in [1.807, 2.05) is 16.8 Å². The van der Waals surface area contributed by atoms with Crippen LogP contribution < -0.4 is 0 Å². The van der Waals surface area contributed by atoms with Gasteiger partial charge in [0.05, 0.1) is 18.2 Å². The molecule has 0 amide bonds. The number of H-pyrrole nitrogens is 1. The number of aromatic amines is 1. The van der Waals surface area contributed by atoms with Crippen molar-refractivity contribution in [3.63, 3.8) is 0 Å². The van der Waals surface area contributed by atoms with Gasteiger partial charge in [-0.25, -0.2) is 14.1 Å². The third-order valence-electron chi connectivity index (χ3n) is 6.15. The van der Waals surface area contributed by atoms with Crippen molar-refractivity contribution in [2.75, 3.05) is 6.61 Å². The number of fused-ring (bicyclic) bond motifs is 1. The van der Waals surface area contributed by atoms with Gasteiger partial charge in [0.15, 0.2) is 11.6 Å². The van der Waals surface area contributed by atoms with Crippen LogP contribution in [0.25, 0.3) is 22.3 Å². The Kier molecular flexibility index (Phi) is 6.42. The van der Waals surface area contributed by atoms with Crippen LogP contribution >= 0.6 is 11.6 Å². The molecule has 1 aliphatic heterocycles. The Labute approximate surface area is 197 Å². The van der Waals surface area contributed by atoms with Crippen molar-refractivity contribution in [2.24, 2.45) is 0 Å². The first-order valence-electron chi connectivity index (χ1n) is 11.6. The summed E-state index contributed by atoms with van der Waals surface area (Å²) in [5.74, 6) is 0.936. The Balaban J connectivity index is 1.54. The normalized spacial score (nSPS) is 16.5. The summed E-state index contributed by atoms with van der Waals surface area (Å²) < 4.78 is 22.3. The van der Waals surface area contributed by atoms with Gasteiger partial charge in [-0.1, -0.05) is 31.0 Å². The summed E-state index contributed by atoms with van der Waals surface area (Å²) >= 11 is 6.27. The number of benzene rings is 2. The molecule has 2 aromatic heterocycles. The minimum absolute atomic E-state index is 0.0948. The molecule has 4 aromatic rings. The maximum absolute atomic E-state index is 14.4. The quantitative estimate of drug-likeness (QED) is 0.377. The fourth-order valence-corrected chi connectivity index (χ4v) is 4.68. The topological polar surface area (TPSA) is 68.6 Å². The molecule has 8 heteroatoms. The lowest BCUT2D eigenvalue weighted by Crippen LogP contribution is -2.25. The Morgan fingerprint density at radius 1 is 1.24 bits per heavy atom. The molecule has 5 rings (SSSR count). The third kappa shape index (κ3) is 4.66. The predicted octanol–water partition coefficient (Wildman–Crippen LogP) is 5.73. The van der Waals surface area contributed by atoms with Crippen LogP contribution in [0.3, 0.4) is 0 Å². The van der Waals surface area contributed by atoms with Crippen LogP contribution in [0, 0.1) is 5.82 Å². The molecule has 0 radical (unpaired) electrons. The van der Waals surface area contributed by atoms with E-state index in [1.54, 1.807) is 12.1 Å². The second-order valence-electron chi connectivity index (χ2n) is 8.58. The van der Waals surface area contributed by atoms with Gasteiger partial charge in [0.1, 0.15) is 5.82 Å². The molecule has 0 bridgehead atoms. The molecule has 1 atom stereocenters. The SMILES string of the molecule is CCCc1[nH]nc2ccc(-c3nc(Cc4c(F)cccc4Cl)nn3CC3CCCCO3)cc12. The van der Waals surface area contributed by atoms with Gasteiger partial charge >= 0.3 is 0 Å². The highest BCUT2D eigenvalue weighted by molar-refractivity contribution is 6.31. The summed E-state index contributed by atoms with van der Waals surface area (Å²) in [6, 6.07) is 10.8. The zero-order valence-electron chi connectivity index (χ0n) is 18.7. The van der Waals surface area contributed by atoms with E-state index in [2.05, 4.69) is 23.2 Å². The molecule has 2 aromatic carbocycles. The summed E-state index contributed by atoms with van der Waals surface area (Å²) in [5.41, 5.74) is 3.42. The second kappa shape index (κ2) is 9.61. The van der Waals surface area contributed by atoms with Gasteiger partial charge in [-0.3, -0.25) is 5.10 Å².